The molecule has 0 radical (unpaired) electrons. The highest BCUT2D eigenvalue weighted by molar-refractivity contribution is 5.82. The Bertz CT molecular complexity index is 1160. The van der Waals surface area contributed by atoms with Gasteiger partial charge in [0.2, 0.25) is 11.9 Å². The van der Waals surface area contributed by atoms with Gasteiger partial charge >= 0.3 is 0 Å². The predicted molar refractivity (Wildman–Crippen MR) is 128 cm³/mol. The molecule has 2 aliphatic rings. The lowest BCUT2D eigenvalue weighted by atomic mass is 9.96. The molecule has 0 bridgehead atoms. The normalized spacial score (nSPS) is 18.4. The fourth-order valence-electron chi connectivity index (χ4n) is 4.57. The molecule has 1 N–H and O–H groups in total. The van der Waals surface area contributed by atoms with Crippen molar-refractivity contribution < 1.29 is 14.3 Å². The fourth-order valence-corrected chi connectivity index (χ4v) is 4.57. The molecule has 1 saturated heterocycles. The number of piperidine rings is 1. The summed E-state index contributed by atoms with van der Waals surface area (Å²) in [4.78, 5) is 24.4. The highest BCUT2D eigenvalue weighted by atomic mass is 16.6. The van der Waals surface area contributed by atoms with Crippen molar-refractivity contribution >= 4 is 22.8 Å². The van der Waals surface area contributed by atoms with E-state index in [2.05, 4.69) is 35.3 Å². The number of carbonyl (C=O) groups is 1. The molecule has 0 saturated carbocycles. The highest BCUT2D eigenvalue weighted by Crippen LogP contribution is 2.31. The smallest absolute Gasteiger partial charge is 0.226 e. The third-order valence-corrected chi connectivity index (χ3v) is 6.51. The second kappa shape index (κ2) is 9.25. The molecule has 3 aromatic rings. The molecule has 2 aliphatic heterocycles. The molecule has 1 atom stereocenters. The van der Waals surface area contributed by atoms with Gasteiger partial charge in [0, 0.05) is 37.4 Å². The van der Waals surface area contributed by atoms with E-state index in [9.17, 15) is 4.79 Å². The molecule has 7 nitrogen and oxygen atoms in total. The van der Waals surface area contributed by atoms with Gasteiger partial charge in [-0.2, -0.15) is 0 Å². The third kappa shape index (κ3) is 4.72. The zero-order chi connectivity index (χ0) is 22.8. The summed E-state index contributed by atoms with van der Waals surface area (Å²) in [7, 11) is 0. The average Bonchev–Trinajstić information content (AvgIpc) is 2.84. The van der Waals surface area contributed by atoms with Gasteiger partial charge in [0.15, 0.2) is 11.5 Å². The molecule has 0 spiro atoms. The Morgan fingerprint density at radius 2 is 1.88 bits per heavy atom. The van der Waals surface area contributed by atoms with Gasteiger partial charge in [-0.1, -0.05) is 23.8 Å². The minimum atomic E-state index is -0.0425. The fraction of sp³-hybridized carbons (Fsp3) is 0.423. The summed E-state index contributed by atoms with van der Waals surface area (Å²) < 4.78 is 11.7. The number of nitrogens with one attached hydrogen (secondary N) is 1. The highest BCUT2D eigenvalue weighted by Gasteiger charge is 2.27. The van der Waals surface area contributed by atoms with Crippen LogP contribution in [0.25, 0.3) is 10.9 Å². The van der Waals surface area contributed by atoms with E-state index in [1.54, 1.807) is 0 Å². The van der Waals surface area contributed by atoms with Crippen molar-refractivity contribution in [2.45, 2.75) is 39.2 Å². The van der Waals surface area contributed by atoms with Crippen LogP contribution in [0.5, 0.6) is 11.5 Å². The predicted octanol–water partition coefficient (Wildman–Crippen LogP) is 3.81. The van der Waals surface area contributed by atoms with Crippen LogP contribution in [-0.4, -0.2) is 48.2 Å². The van der Waals surface area contributed by atoms with E-state index in [-0.39, 0.29) is 17.9 Å². The summed E-state index contributed by atoms with van der Waals surface area (Å²) in [6, 6.07) is 14.0. The van der Waals surface area contributed by atoms with Crippen LogP contribution in [0.2, 0.25) is 0 Å². The summed E-state index contributed by atoms with van der Waals surface area (Å²) in [5.74, 6) is 2.46. The number of benzene rings is 2. The van der Waals surface area contributed by atoms with Crippen molar-refractivity contribution in [3.8, 4) is 11.5 Å². The van der Waals surface area contributed by atoms with Crippen LogP contribution < -0.4 is 19.7 Å². The van der Waals surface area contributed by atoms with Crippen LogP contribution in [0.15, 0.2) is 42.5 Å². The lowest BCUT2D eigenvalue weighted by molar-refractivity contribution is -0.125. The summed E-state index contributed by atoms with van der Waals surface area (Å²) in [5, 5.41) is 4.19. The number of rotatable bonds is 5. The third-order valence-electron chi connectivity index (χ3n) is 6.51. The molecular weight excluding hydrogens is 416 g/mol. The number of hydrogen-bond donors (Lipinski definition) is 1. The number of amides is 1. The Morgan fingerprint density at radius 1 is 1.09 bits per heavy atom. The Kier molecular flexibility index (Phi) is 6.03. The number of nitrogens with zero attached hydrogens (tertiary/aromatic N) is 3. The molecule has 0 aliphatic carbocycles. The van der Waals surface area contributed by atoms with E-state index in [4.69, 9.17) is 19.4 Å². The lowest BCUT2D eigenvalue weighted by Crippen LogP contribution is -2.42. The summed E-state index contributed by atoms with van der Waals surface area (Å²) in [6.45, 7) is 6.78. The molecule has 7 heteroatoms. The first kappa shape index (κ1) is 21.5. The van der Waals surface area contributed by atoms with Crippen LogP contribution in [0.1, 0.15) is 30.5 Å². The number of hydrogen-bond acceptors (Lipinski definition) is 6. The standard InChI is InChI=1S/C26H30N4O3/c1-17-7-8-22-21(15-17)18(2)28-26(29-22)30-13-10-19(11-14-30)25(31)27-12-9-20-16-32-23-5-3-4-6-24(23)33-20/h3-8,15,19-20H,9-14,16H2,1-2H3,(H,27,31). The number of aryl methyl sites for hydroxylation is 2. The molecule has 172 valence electrons. The largest absolute Gasteiger partial charge is 0.486 e. The molecule has 3 heterocycles. The Balaban J connectivity index is 1.11. The van der Waals surface area contributed by atoms with Gasteiger partial charge in [0.1, 0.15) is 12.7 Å². The van der Waals surface area contributed by atoms with Crippen molar-refractivity contribution in [3.05, 3.63) is 53.7 Å². The van der Waals surface area contributed by atoms with Gasteiger partial charge in [-0.3, -0.25) is 4.79 Å². The van der Waals surface area contributed by atoms with Gasteiger partial charge in [0.05, 0.1) is 11.2 Å². The molecule has 1 aromatic heterocycles. The minimum Gasteiger partial charge on any atom is -0.486 e. The Hall–Kier alpha value is -3.35. The number of fused-ring (bicyclic) bond motifs is 2. The molecule has 1 amide bonds. The monoisotopic (exact) mass is 446 g/mol. The maximum absolute atomic E-state index is 12.7. The molecule has 1 unspecified atom stereocenters. The number of para-hydroxylation sites is 2. The van der Waals surface area contributed by atoms with E-state index in [1.165, 1.54) is 5.56 Å². The first-order valence-electron chi connectivity index (χ1n) is 11.7. The Labute approximate surface area is 194 Å². The maximum Gasteiger partial charge on any atom is 0.226 e. The second-order valence-corrected chi connectivity index (χ2v) is 8.97. The van der Waals surface area contributed by atoms with Crippen molar-refractivity contribution in [2.75, 3.05) is 31.1 Å². The first-order chi connectivity index (χ1) is 16.1. The van der Waals surface area contributed by atoms with E-state index < -0.39 is 0 Å². The van der Waals surface area contributed by atoms with Crippen LogP contribution in [0.4, 0.5) is 5.95 Å². The van der Waals surface area contributed by atoms with E-state index in [0.29, 0.717) is 13.2 Å². The van der Waals surface area contributed by atoms with Crippen LogP contribution >= 0.6 is 0 Å². The second-order valence-electron chi connectivity index (χ2n) is 8.97. The molecule has 2 aromatic carbocycles. The number of anilines is 1. The zero-order valence-electron chi connectivity index (χ0n) is 19.2. The van der Waals surface area contributed by atoms with E-state index in [1.807, 2.05) is 31.2 Å². The van der Waals surface area contributed by atoms with Gasteiger partial charge in [-0.15, -0.1) is 0 Å². The summed E-state index contributed by atoms with van der Waals surface area (Å²) in [5.41, 5.74) is 3.18. The lowest BCUT2D eigenvalue weighted by Gasteiger charge is -2.32. The minimum absolute atomic E-state index is 0.0229. The van der Waals surface area contributed by atoms with Crippen molar-refractivity contribution in [1.82, 2.24) is 15.3 Å². The molecular formula is C26H30N4O3. The van der Waals surface area contributed by atoms with Gasteiger partial charge < -0.3 is 19.7 Å². The number of aromatic nitrogens is 2. The zero-order valence-corrected chi connectivity index (χ0v) is 19.2. The number of carbonyl (C=O) groups excluding carboxylic acids is 1. The Morgan fingerprint density at radius 3 is 2.70 bits per heavy atom. The van der Waals surface area contributed by atoms with Crippen LogP contribution in [0, 0.1) is 19.8 Å². The summed E-state index contributed by atoms with van der Waals surface area (Å²) in [6.07, 6.45) is 2.29. The average molecular weight is 447 g/mol. The van der Waals surface area contributed by atoms with Crippen molar-refractivity contribution in [2.24, 2.45) is 5.92 Å². The van der Waals surface area contributed by atoms with Crippen molar-refractivity contribution in [1.29, 1.82) is 0 Å². The number of ether oxygens (including phenoxy) is 2. The topological polar surface area (TPSA) is 76.6 Å². The van der Waals surface area contributed by atoms with E-state index >= 15 is 0 Å². The van der Waals surface area contributed by atoms with Gasteiger partial charge in [-0.25, -0.2) is 9.97 Å². The van der Waals surface area contributed by atoms with Gasteiger partial charge in [-0.05, 0) is 51.0 Å². The molecule has 5 rings (SSSR count). The summed E-state index contributed by atoms with van der Waals surface area (Å²) >= 11 is 0. The molecule has 33 heavy (non-hydrogen) atoms. The quantitative estimate of drug-likeness (QED) is 0.642. The van der Waals surface area contributed by atoms with Crippen LogP contribution in [0.3, 0.4) is 0 Å². The maximum atomic E-state index is 12.7. The van der Waals surface area contributed by atoms with E-state index in [0.717, 1.165) is 66.4 Å². The first-order valence-corrected chi connectivity index (χ1v) is 11.7. The van der Waals surface area contributed by atoms with Crippen molar-refractivity contribution in [3.63, 3.8) is 0 Å². The van der Waals surface area contributed by atoms with Gasteiger partial charge in [0.25, 0.3) is 0 Å². The SMILES string of the molecule is Cc1ccc2nc(N3CCC(C(=O)NCCC4COc5ccccc5O4)CC3)nc(C)c2c1. The molecule has 1 fully saturated rings. The van der Waals surface area contributed by atoms with Crippen LogP contribution in [-0.2, 0) is 4.79 Å².